The molecule has 0 radical (unpaired) electrons. The second kappa shape index (κ2) is 10.5. The van der Waals surface area contributed by atoms with Crippen molar-refractivity contribution < 1.29 is 8.83 Å². The highest BCUT2D eigenvalue weighted by Gasteiger charge is 2.24. The van der Waals surface area contributed by atoms with Crippen LogP contribution in [-0.2, 0) is 0 Å². The van der Waals surface area contributed by atoms with E-state index in [0.717, 1.165) is 82.5 Å². The molecule has 0 unspecified atom stereocenters. The van der Waals surface area contributed by atoms with Crippen molar-refractivity contribution in [3.8, 4) is 45.3 Å². The molecular formula is C43H25N3O2. The van der Waals surface area contributed by atoms with Crippen LogP contribution >= 0.6 is 0 Å². The Labute approximate surface area is 274 Å². The fourth-order valence-electron chi connectivity index (χ4n) is 6.93. The minimum atomic E-state index is 0.573. The number of rotatable bonds is 4. The average molecular weight is 616 g/mol. The van der Waals surface area contributed by atoms with E-state index in [1.54, 1.807) is 0 Å². The summed E-state index contributed by atoms with van der Waals surface area (Å²) in [4.78, 5) is 15.6. The predicted octanol–water partition coefficient (Wildman–Crippen LogP) is 11.5. The lowest BCUT2D eigenvalue weighted by atomic mass is 9.92. The molecule has 10 rings (SSSR count). The van der Waals surface area contributed by atoms with Crippen molar-refractivity contribution in [2.75, 3.05) is 0 Å². The van der Waals surface area contributed by atoms with Crippen LogP contribution < -0.4 is 0 Å². The summed E-state index contributed by atoms with van der Waals surface area (Å²) < 4.78 is 12.8. The molecular weight excluding hydrogens is 590 g/mol. The number of para-hydroxylation sites is 2. The normalized spacial score (nSPS) is 11.8. The summed E-state index contributed by atoms with van der Waals surface area (Å²) in [6, 6.07) is 51.5. The lowest BCUT2D eigenvalue weighted by Gasteiger charge is -2.14. The maximum absolute atomic E-state index is 6.44. The number of aromatic nitrogens is 3. The number of nitrogens with zero attached hydrogens (tertiary/aromatic N) is 3. The third-order valence-electron chi connectivity index (χ3n) is 9.13. The molecule has 0 bridgehead atoms. The molecule has 3 aromatic heterocycles. The highest BCUT2D eigenvalue weighted by molar-refractivity contribution is 6.19. The van der Waals surface area contributed by atoms with Crippen LogP contribution in [0, 0.1) is 0 Å². The van der Waals surface area contributed by atoms with E-state index in [-0.39, 0.29) is 0 Å². The van der Waals surface area contributed by atoms with E-state index in [2.05, 4.69) is 78.9 Å². The zero-order chi connectivity index (χ0) is 31.6. The van der Waals surface area contributed by atoms with Gasteiger partial charge >= 0.3 is 0 Å². The van der Waals surface area contributed by atoms with Gasteiger partial charge in [-0.15, -0.1) is 0 Å². The van der Waals surface area contributed by atoms with E-state index in [1.165, 1.54) is 0 Å². The van der Waals surface area contributed by atoms with E-state index in [0.29, 0.717) is 17.5 Å². The molecule has 0 spiro atoms. The molecule has 5 nitrogen and oxygen atoms in total. The monoisotopic (exact) mass is 615 g/mol. The van der Waals surface area contributed by atoms with Crippen LogP contribution in [0.3, 0.4) is 0 Å². The van der Waals surface area contributed by atoms with Gasteiger partial charge in [0.2, 0.25) is 0 Å². The van der Waals surface area contributed by atoms with E-state index < -0.39 is 0 Å². The lowest BCUT2D eigenvalue weighted by Crippen LogP contribution is -2.01. The van der Waals surface area contributed by atoms with Crippen molar-refractivity contribution in [3.05, 3.63) is 152 Å². The van der Waals surface area contributed by atoms with Crippen molar-refractivity contribution in [2.24, 2.45) is 0 Å². The van der Waals surface area contributed by atoms with Crippen LogP contribution in [0.25, 0.3) is 99.9 Å². The van der Waals surface area contributed by atoms with Gasteiger partial charge in [-0.1, -0.05) is 115 Å². The van der Waals surface area contributed by atoms with Gasteiger partial charge in [-0.25, -0.2) is 15.0 Å². The molecule has 224 valence electrons. The summed E-state index contributed by atoms with van der Waals surface area (Å²) in [6.45, 7) is 0. The lowest BCUT2D eigenvalue weighted by molar-refractivity contribution is 0.669. The maximum atomic E-state index is 6.44. The number of hydrogen-bond acceptors (Lipinski definition) is 5. The molecule has 0 aliphatic rings. The van der Waals surface area contributed by atoms with Crippen molar-refractivity contribution >= 4 is 54.6 Å². The molecule has 0 fully saturated rings. The van der Waals surface area contributed by atoms with Gasteiger partial charge in [-0.05, 0) is 58.3 Å². The van der Waals surface area contributed by atoms with Crippen molar-refractivity contribution in [3.63, 3.8) is 0 Å². The highest BCUT2D eigenvalue weighted by atomic mass is 16.3. The second-order valence-electron chi connectivity index (χ2n) is 12.0. The minimum Gasteiger partial charge on any atom is -0.456 e. The molecule has 0 N–H and O–H groups in total. The van der Waals surface area contributed by atoms with Gasteiger partial charge in [0.25, 0.3) is 0 Å². The Morgan fingerprint density at radius 2 is 0.958 bits per heavy atom. The summed E-state index contributed by atoms with van der Waals surface area (Å²) in [5, 5.41) is 6.36. The molecule has 0 aliphatic heterocycles. The zero-order valence-corrected chi connectivity index (χ0v) is 25.6. The van der Waals surface area contributed by atoms with Gasteiger partial charge in [0, 0.05) is 38.2 Å². The van der Waals surface area contributed by atoms with Crippen LogP contribution in [0.2, 0.25) is 0 Å². The molecule has 48 heavy (non-hydrogen) atoms. The molecule has 7 aromatic carbocycles. The molecule has 0 atom stereocenters. The van der Waals surface area contributed by atoms with Gasteiger partial charge in [0.15, 0.2) is 17.5 Å². The standard InChI is InChI=1S/C43H25N3O2/c1-2-12-27(13-3-1)41-44-42(29-22-21-26-11-4-5-14-28(26)25-29)46-43(45-41)40-31(23-24-37-39(40)33-16-7-9-19-35(33)48-37)30-17-10-20-36-38(30)32-15-6-8-18-34(32)47-36/h1-25H. The van der Waals surface area contributed by atoms with Crippen LogP contribution in [0.1, 0.15) is 0 Å². The molecule has 0 amide bonds. The van der Waals surface area contributed by atoms with Crippen molar-refractivity contribution in [1.82, 2.24) is 15.0 Å². The first-order valence-electron chi connectivity index (χ1n) is 15.9. The van der Waals surface area contributed by atoms with Crippen LogP contribution in [0.4, 0.5) is 0 Å². The van der Waals surface area contributed by atoms with E-state index in [1.807, 2.05) is 72.8 Å². The quantitative estimate of drug-likeness (QED) is 0.197. The third-order valence-corrected chi connectivity index (χ3v) is 9.13. The Kier molecular flexibility index (Phi) is 5.81. The molecule has 0 aliphatic carbocycles. The Balaban J connectivity index is 1.33. The second-order valence-corrected chi connectivity index (χ2v) is 12.0. The van der Waals surface area contributed by atoms with Gasteiger partial charge in [0.1, 0.15) is 22.3 Å². The largest absolute Gasteiger partial charge is 0.456 e. The summed E-state index contributed by atoms with van der Waals surface area (Å²) in [5.41, 5.74) is 8.00. The summed E-state index contributed by atoms with van der Waals surface area (Å²) in [5.74, 6) is 1.78. The van der Waals surface area contributed by atoms with Crippen molar-refractivity contribution in [1.29, 1.82) is 0 Å². The minimum absolute atomic E-state index is 0.573. The Morgan fingerprint density at radius 3 is 1.75 bits per heavy atom. The van der Waals surface area contributed by atoms with E-state index >= 15 is 0 Å². The first kappa shape index (κ1) is 26.6. The number of fused-ring (bicyclic) bond motifs is 7. The Morgan fingerprint density at radius 1 is 0.354 bits per heavy atom. The third kappa shape index (κ3) is 4.15. The average Bonchev–Trinajstić information content (AvgIpc) is 3.73. The predicted molar refractivity (Wildman–Crippen MR) is 194 cm³/mol. The van der Waals surface area contributed by atoms with Gasteiger partial charge < -0.3 is 8.83 Å². The number of benzene rings is 7. The van der Waals surface area contributed by atoms with Crippen molar-refractivity contribution in [2.45, 2.75) is 0 Å². The van der Waals surface area contributed by atoms with Crippen LogP contribution in [-0.4, -0.2) is 15.0 Å². The number of hydrogen-bond donors (Lipinski definition) is 0. The van der Waals surface area contributed by atoms with Crippen LogP contribution in [0.5, 0.6) is 0 Å². The number of furan rings is 2. The summed E-state index contributed by atoms with van der Waals surface area (Å²) in [6.07, 6.45) is 0. The van der Waals surface area contributed by atoms with Gasteiger partial charge in [-0.3, -0.25) is 0 Å². The summed E-state index contributed by atoms with van der Waals surface area (Å²) >= 11 is 0. The smallest absolute Gasteiger partial charge is 0.165 e. The molecule has 0 saturated heterocycles. The first-order chi connectivity index (χ1) is 23.8. The highest BCUT2D eigenvalue weighted by Crippen LogP contribution is 2.45. The zero-order valence-electron chi connectivity index (χ0n) is 25.6. The van der Waals surface area contributed by atoms with E-state index in [9.17, 15) is 0 Å². The van der Waals surface area contributed by atoms with Crippen LogP contribution in [0.15, 0.2) is 160 Å². The summed E-state index contributed by atoms with van der Waals surface area (Å²) in [7, 11) is 0. The fraction of sp³-hybridized carbons (Fsp3) is 0. The van der Waals surface area contributed by atoms with E-state index in [4.69, 9.17) is 23.8 Å². The SMILES string of the molecule is c1ccc(-c2nc(-c3ccc4ccccc4c3)nc(-c3c(-c4cccc5oc6ccccc6c45)ccc4oc5ccccc5c34)n2)cc1. The molecule has 3 heterocycles. The molecule has 10 aromatic rings. The molecule has 0 saturated carbocycles. The Hall–Kier alpha value is -6.59. The maximum Gasteiger partial charge on any atom is 0.165 e. The molecule has 5 heteroatoms. The van der Waals surface area contributed by atoms with Gasteiger partial charge in [-0.2, -0.15) is 0 Å². The topological polar surface area (TPSA) is 65.0 Å². The fourth-order valence-corrected chi connectivity index (χ4v) is 6.93. The first-order valence-corrected chi connectivity index (χ1v) is 15.9. The van der Waals surface area contributed by atoms with Gasteiger partial charge in [0.05, 0.1) is 0 Å². The Bertz CT molecular complexity index is 2850.